The highest BCUT2D eigenvalue weighted by Crippen LogP contribution is 2.23. The van der Waals surface area contributed by atoms with Crippen molar-refractivity contribution < 1.29 is 9.53 Å². The van der Waals surface area contributed by atoms with Crippen LogP contribution in [0.3, 0.4) is 0 Å². The monoisotopic (exact) mass is 348 g/mol. The van der Waals surface area contributed by atoms with Gasteiger partial charge in [0.2, 0.25) is 0 Å². The van der Waals surface area contributed by atoms with E-state index in [-0.39, 0.29) is 12.1 Å². The van der Waals surface area contributed by atoms with Gasteiger partial charge in [-0.25, -0.2) is 4.79 Å². The maximum absolute atomic E-state index is 12.3. The topological polar surface area (TPSA) is 48.1 Å². The molecule has 1 heterocycles. The Morgan fingerprint density at radius 2 is 1.76 bits per heavy atom. The first-order valence-corrected chi connectivity index (χ1v) is 9.18. The Bertz CT molecular complexity index is 523. The van der Waals surface area contributed by atoms with Crippen molar-refractivity contribution >= 4 is 11.7 Å². The molecule has 0 aromatic heterocycles. The fourth-order valence-corrected chi connectivity index (χ4v) is 3.15. The number of carbonyl (C=O) groups is 1. The van der Waals surface area contributed by atoms with Crippen molar-refractivity contribution in [2.24, 2.45) is 0 Å². The standard InChI is InChI=1S/C19H32N4O2/c1-5-22(6-2)19(24)20-15-18(23-11-13-25-14-12-23)16-7-9-17(10-8-16)21(3)4/h7-10,18H,5-6,11-15H2,1-4H3,(H,20,24). The molecule has 6 nitrogen and oxygen atoms in total. The summed E-state index contributed by atoms with van der Waals surface area (Å²) in [6.45, 7) is 9.33. The molecule has 1 atom stereocenters. The van der Waals surface area contributed by atoms with Crippen LogP contribution in [-0.2, 0) is 4.74 Å². The maximum Gasteiger partial charge on any atom is 0.317 e. The Labute approximate surface area is 151 Å². The lowest BCUT2D eigenvalue weighted by Crippen LogP contribution is -2.46. The number of urea groups is 1. The molecular weight excluding hydrogens is 316 g/mol. The lowest BCUT2D eigenvalue weighted by atomic mass is 10.0. The van der Waals surface area contributed by atoms with Crippen molar-refractivity contribution in [1.82, 2.24) is 15.1 Å². The minimum atomic E-state index is 0.00757. The summed E-state index contributed by atoms with van der Waals surface area (Å²) >= 11 is 0. The van der Waals surface area contributed by atoms with Crippen molar-refractivity contribution in [3.63, 3.8) is 0 Å². The molecule has 1 aromatic rings. The van der Waals surface area contributed by atoms with Crippen LogP contribution in [0.4, 0.5) is 10.5 Å². The smallest absolute Gasteiger partial charge is 0.317 e. The number of nitrogens with zero attached hydrogens (tertiary/aromatic N) is 3. The molecule has 6 heteroatoms. The number of hydrogen-bond donors (Lipinski definition) is 1. The van der Waals surface area contributed by atoms with Gasteiger partial charge in [0.25, 0.3) is 0 Å². The summed E-state index contributed by atoms with van der Waals surface area (Å²) in [6.07, 6.45) is 0. The Kier molecular flexibility index (Phi) is 7.52. The fourth-order valence-electron chi connectivity index (χ4n) is 3.15. The second-order valence-electron chi connectivity index (χ2n) is 6.51. The first-order valence-electron chi connectivity index (χ1n) is 9.18. The van der Waals surface area contributed by atoms with Crippen LogP contribution in [-0.4, -0.2) is 75.9 Å². The number of carbonyl (C=O) groups excluding carboxylic acids is 1. The van der Waals surface area contributed by atoms with Gasteiger partial charge in [-0.3, -0.25) is 4.90 Å². The third-order valence-corrected chi connectivity index (χ3v) is 4.78. The van der Waals surface area contributed by atoms with Crippen molar-refractivity contribution in [3.8, 4) is 0 Å². The zero-order valence-corrected chi connectivity index (χ0v) is 16.0. The number of hydrogen-bond acceptors (Lipinski definition) is 4. The van der Waals surface area contributed by atoms with Gasteiger partial charge in [-0.1, -0.05) is 12.1 Å². The lowest BCUT2D eigenvalue weighted by molar-refractivity contribution is 0.0165. The van der Waals surface area contributed by atoms with Crippen LogP contribution in [0.2, 0.25) is 0 Å². The number of benzene rings is 1. The first kappa shape index (κ1) is 19.5. The van der Waals surface area contributed by atoms with Crippen molar-refractivity contribution in [2.45, 2.75) is 19.9 Å². The summed E-state index contributed by atoms with van der Waals surface area (Å²) < 4.78 is 5.49. The van der Waals surface area contributed by atoms with Gasteiger partial charge in [0.1, 0.15) is 0 Å². The molecule has 0 saturated carbocycles. The SMILES string of the molecule is CCN(CC)C(=O)NCC(c1ccc(N(C)C)cc1)N1CCOCC1. The fraction of sp³-hybridized carbons (Fsp3) is 0.632. The molecule has 0 aliphatic carbocycles. The number of amides is 2. The van der Waals surface area contributed by atoms with E-state index in [0.29, 0.717) is 6.54 Å². The van der Waals surface area contributed by atoms with Gasteiger partial charge in [-0.15, -0.1) is 0 Å². The van der Waals surface area contributed by atoms with Crippen molar-refractivity contribution in [1.29, 1.82) is 0 Å². The van der Waals surface area contributed by atoms with Crippen molar-refractivity contribution in [3.05, 3.63) is 29.8 Å². The maximum atomic E-state index is 12.3. The van der Waals surface area contributed by atoms with E-state index in [1.54, 1.807) is 0 Å². The molecule has 1 unspecified atom stereocenters. The Balaban J connectivity index is 2.11. The largest absolute Gasteiger partial charge is 0.379 e. The van der Waals surface area contributed by atoms with E-state index in [4.69, 9.17) is 4.74 Å². The average Bonchev–Trinajstić information content (AvgIpc) is 2.64. The number of rotatable bonds is 7. The molecule has 1 N–H and O–H groups in total. The molecular formula is C19H32N4O2. The van der Waals surface area contributed by atoms with Gasteiger partial charge >= 0.3 is 6.03 Å². The minimum Gasteiger partial charge on any atom is -0.379 e. The number of morpholine rings is 1. The molecule has 1 aliphatic heterocycles. The first-order chi connectivity index (χ1) is 12.1. The third-order valence-electron chi connectivity index (χ3n) is 4.78. The molecule has 0 spiro atoms. The molecule has 0 bridgehead atoms. The van der Waals surface area contributed by atoms with E-state index < -0.39 is 0 Å². The molecule has 2 amide bonds. The number of ether oxygens (including phenoxy) is 1. The second-order valence-corrected chi connectivity index (χ2v) is 6.51. The Morgan fingerprint density at radius 1 is 1.16 bits per heavy atom. The summed E-state index contributed by atoms with van der Waals surface area (Å²) in [5.41, 5.74) is 2.41. The van der Waals surface area contributed by atoms with Gasteiger partial charge in [-0.2, -0.15) is 0 Å². The zero-order chi connectivity index (χ0) is 18.2. The van der Waals surface area contributed by atoms with Gasteiger partial charge < -0.3 is 19.9 Å². The summed E-state index contributed by atoms with van der Waals surface area (Å²) in [7, 11) is 4.08. The molecule has 2 rings (SSSR count). The number of nitrogens with one attached hydrogen (secondary N) is 1. The molecule has 140 valence electrons. The molecule has 1 aliphatic rings. The van der Waals surface area contributed by atoms with Gasteiger partial charge in [-0.05, 0) is 31.5 Å². The van der Waals surface area contributed by atoms with Crippen molar-refractivity contribution in [2.75, 3.05) is 64.9 Å². The van der Waals surface area contributed by atoms with Crippen LogP contribution < -0.4 is 10.2 Å². The summed E-state index contributed by atoms with van der Waals surface area (Å²) in [6, 6.07) is 8.77. The van der Waals surface area contributed by atoms with E-state index in [9.17, 15) is 4.79 Å². The quantitative estimate of drug-likeness (QED) is 0.820. The van der Waals surface area contributed by atoms with Gasteiger partial charge in [0, 0.05) is 52.5 Å². The van der Waals surface area contributed by atoms with E-state index in [1.165, 1.54) is 11.3 Å². The highest BCUT2D eigenvalue weighted by atomic mass is 16.5. The van der Waals surface area contributed by atoms with E-state index >= 15 is 0 Å². The minimum absolute atomic E-state index is 0.00757. The number of anilines is 1. The highest BCUT2D eigenvalue weighted by Gasteiger charge is 2.24. The second kappa shape index (κ2) is 9.63. The Morgan fingerprint density at radius 3 is 2.28 bits per heavy atom. The normalized spacial score (nSPS) is 16.3. The Hall–Kier alpha value is -1.79. The van der Waals surface area contributed by atoms with E-state index in [2.05, 4.69) is 39.4 Å². The lowest BCUT2D eigenvalue weighted by Gasteiger charge is -2.35. The molecule has 0 radical (unpaired) electrons. The average molecular weight is 348 g/mol. The van der Waals surface area contributed by atoms with Crippen LogP contribution in [0.5, 0.6) is 0 Å². The van der Waals surface area contributed by atoms with Crippen LogP contribution in [0.25, 0.3) is 0 Å². The third kappa shape index (κ3) is 5.34. The van der Waals surface area contributed by atoms with E-state index in [1.807, 2.05) is 32.8 Å². The predicted octanol–water partition coefficient (Wildman–Crippen LogP) is 2.18. The van der Waals surface area contributed by atoms with Crippen LogP contribution in [0.15, 0.2) is 24.3 Å². The molecule has 1 saturated heterocycles. The van der Waals surface area contributed by atoms with Gasteiger partial charge in [0.15, 0.2) is 0 Å². The zero-order valence-electron chi connectivity index (χ0n) is 16.0. The van der Waals surface area contributed by atoms with Crippen LogP contribution >= 0.6 is 0 Å². The predicted molar refractivity (Wildman–Crippen MR) is 102 cm³/mol. The molecule has 1 fully saturated rings. The highest BCUT2D eigenvalue weighted by molar-refractivity contribution is 5.74. The summed E-state index contributed by atoms with van der Waals surface area (Å²) in [5, 5.41) is 3.11. The van der Waals surface area contributed by atoms with Crippen LogP contribution in [0, 0.1) is 0 Å². The summed E-state index contributed by atoms with van der Waals surface area (Å²) in [5.74, 6) is 0. The molecule has 25 heavy (non-hydrogen) atoms. The molecule has 1 aromatic carbocycles. The van der Waals surface area contributed by atoms with Crippen LogP contribution in [0.1, 0.15) is 25.5 Å². The van der Waals surface area contributed by atoms with Gasteiger partial charge in [0.05, 0.1) is 19.3 Å². The van der Waals surface area contributed by atoms with E-state index in [0.717, 1.165) is 39.4 Å². The summed E-state index contributed by atoms with van der Waals surface area (Å²) in [4.78, 5) is 18.6.